The van der Waals surface area contributed by atoms with E-state index in [9.17, 15) is 43.2 Å². The molecular formula is C76H148O17P2. The highest BCUT2D eigenvalue weighted by molar-refractivity contribution is 7.47. The molecule has 0 aromatic heterocycles. The van der Waals surface area contributed by atoms with Crippen LogP contribution in [0, 0.1) is 17.8 Å². The fourth-order valence-electron chi connectivity index (χ4n) is 11.6. The summed E-state index contributed by atoms with van der Waals surface area (Å²) < 4.78 is 68.4. The molecule has 0 aromatic carbocycles. The lowest BCUT2D eigenvalue weighted by molar-refractivity contribution is -0.161. The molecule has 0 spiro atoms. The first-order chi connectivity index (χ1) is 45.8. The Balaban J connectivity index is 5.21. The predicted octanol–water partition coefficient (Wildman–Crippen LogP) is 22.2. The first kappa shape index (κ1) is 93.1. The molecule has 0 heterocycles. The van der Waals surface area contributed by atoms with Crippen molar-refractivity contribution < 1.29 is 80.2 Å². The number of hydrogen-bond acceptors (Lipinski definition) is 15. The van der Waals surface area contributed by atoms with Crippen LogP contribution in [-0.4, -0.2) is 96.7 Å². The maximum absolute atomic E-state index is 13.1. The van der Waals surface area contributed by atoms with Crippen LogP contribution in [0.1, 0.15) is 389 Å². The number of aliphatic hydroxyl groups excluding tert-OH is 1. The zero-order valence-corrected chi connectivity index (χ0v) is 63.9. The fraction of sp³-hybridized carbons (Fsp3) is 0.947. The van der Waals surface area contributed by atoms with Gasteiger partial charge in [-0.05, 0) is 43.4 Å². The SMILES string of the molecule is CCCCCCCCCCCCCCCCCCCCCC(=O)O[C@H](COC(=O)CCCCCCCCCCCCCCCCC(C)C)COP(=O)(O)OC[C@@H](O)COP(=O)(O)OC[C@@H](COC(=O)CCCCCCCCC(C)C)OC(=O)CCCCCCCCC(C)CC. The van der Waals surface area contributed by atoms with E-state index < -0.39 is 97.5 Å². The minimum absolute atomic E-state index is 0.102. The van der Waals surface area contributed by atoms with E-state index in [1.165, 1.54) is 193 Å². The van der Waals surface area contributed by atoms with Crippen LogP contribution in [-0.2, 0) is 65.4 Å². The molecule has 3 N–H and O–H groups in total. The normalized spacial score (nSPS) is 14.4. The van der Waals surface area contributed by atoms with Crippen LogP contribution in [0.3, 0.4) is 0 Å². The van der Waals surface area contributed by atoms with E-state index in [1.807, 2.05) is 0 Å². The van der Waals surface area contributed by atoms with Gasteiger partial charge in [0.25, 0.3) is 0 Å². The molecule has 17 nitrogen and oxygen atoms in total. The fourth-order valence-corrected chi connectivity index (χ4v) is 13.1. The molecule has 0 saturated carbocycles. The average Bonchev–Trinajstić information content (AvgIpc) is 1.53. The van der Waals surface area contributed by atoms with Crippen molar-refractivity contribution in [2.45, 2.75) is 407 Å². The van der Waals surface area contributed by atoms with Crippen molar-refractivity contribution in [1.29, 1.82) is 0 Å². The second-order valence-electron chi connectivity index (χ2n) is 28.6. The van der Waals surface area contributed by atoms with Crippen molar-refractivity contribution in [3.05, 3.63) is 0 Å². The molecule has 0 bridgehead atoms. The van der Waals surface area contributed by atoms with Crippen LogP contribution in [0.25, 0.3) is 0 Å². The molecule has 0 aromatic rings. The molecule has 3 unspecified atom stereocenters. The molecule has 0 amide bonds. The molecule has 0 rings (SSSR count). The summed E-state index contributed by atoms with van der Waals surface area (Å²) in [5, 5.41) is 10.6. The van der Waals surface area contributed by atoms with Gasteiger partial charge in [0.05, 0.1) is 26.4 Å². The molecule has 95 heavy (non-hydrogen) atoms. The second kappa shape index (κ2) is 66.6. The van der Waals surface area contributed by atoms with E-state index in [0.29, 0.717) is 31.6 Å². The molecule has 0 aliphatic heterocycles. The predicted molar refractivity (Wildman–Crippen MR) is 386 cm³/mol. The van der Waals surface area contributed by atoms with Gasteiger partial charge >= 0.3 is 39.5 Å². The van der Waals surface area contributed by atoms with Crippen molar-refractivity contribution in [3.8, 4) is 0 Å². The summed E-state index contributed by atoms with van der Waals surface area (Å²) in [6.07, 6.45) is 53.1. The number of aliphatic hydroxyl groups is 1. The van der Waals surface area contributed by atoms with E-state index in [4.69, 9.17) is 37.0 Å². The van der Waals surface area contributed by atoms with Gasteiger partial charge in [0, 0.05) is 25.7 Å². The summed E-state index contributed by atoms with van der Waals surface area (Å²) in [5.74, 6) is 0.0753. The molecular weight excluding hydrogens is 1250 g/mol. The van der Waals surface area contributed by atoms with Crippen molar-refractivity contribution in [2.75, 3.05) is 39.6 Å². The lowest BCUT2D eigenvalue weighted by atomic mass is 10.00. The molecule has 0 aliphatic rings. The Labute approximate surface area is 581 Å². The zero-order chi connectivity index (χ0) is 70.1. The lowest BCUT2D eigenvalue weighted by Gasteiger charge is -2.21. The highest BCUT2D eigenvalue weighted by Gasteiger charge is 2.30. The topological polar surface area (TPSA) is 237 Å². The third-order valence-electron chi connectivity index (χ3n) is 18.0. The summed E-state index contributed by atoms with van der Waals surface area (Å²) in [6.45, 7) is 11.8. The Hall–Kier alpha value is -1.94. The van der Waals surface area contributed by atoms with Gasteiger partial charge < -0.3 is 33.8 Å². The molecule has 0 saturated heterocycles. The minimum atomic E-state index is -4.96. The maximum atomic E-state index is 13.1. The van der Waals surface area contributed by atoms with Crippen molar-refractivity contribution in [3.63, 3.8) is 0 Å². The second-order valence-corrected chi connectivity index (χ2v) is 31.5. The standard InChI is InChI=1S/C76H148O17P2/c1-8-10-11-12-13-14-15-16-17-18-19-20-21-26-29-32-35-45-52-59-75(80)92-71(63-86-73(78)57-50-43-34-31-28-25-23-22-24-27-30-33-40-47-54-67(3)4)65-90-94(82,83)88-61-70(77)62-89-95(84,85)91-66-72(64-87-74(79)58-51-44-38-36-41-48-55-68(5)6)93-76(81)60-53-46-39-37-42-49-56-69(7)9-2/h67-72,77H,8-66H2,1-7H3,(H,82,83)(H,84,85)/t69?,70-,71-,72-/m1/s1. The number of carbonyl (C=O) groups is 4. The Morgan fingerprint density at radius 1 is 0.305 bits per heavy atom. The molecule has 564 valence electrons. The van der Waals surface area contributed by atoms with Crippen molar-refractivity contribution in [1.82, 2.24) is 0 Å². The first-order valence-corrected chi connectivity index (χ1v) is 42.4. The van der Waals surface area contributed by atoms with Gasteiger partial charge in [0.15, 0.2) is 12.2 Å². The van der Waals surface area contributed by atoms with Crippen molar-refractivity contribution >= 4 is 39.5 Å². The summed E-state index contributed by atoms with van der Waals surface area (Å²) in [7, 11) is -9.91. The van der Waals surface area contributed by atoms with Crippen LogP contribution in [0.5, 0.6) is 0 Å². The number of hydrogen-bond donors (Lipinski definition) is 3. The number of carbonyl (C=O) groups excluding carboxylic acids is 4. The molecule has 0 aliphatic carbocycles. The van der Waals surface area contributed by atoms with Gasteiger partial charge in [-0.15, -0.1) is 0 Å². The van der Waals surface area contributed by atoms with Gasteiger partial charge in [-0.3, -0.25) is 37.3 Å². The van der Waals surface area contributed by atoms with Crippen LogP contribution < -0.4 is 0 Å². The molecule has 6 atom stereocenters. The Bertz CT molecular complexity index is 1850. The molecule has 0 fully saturated rings. The average molecular weight is 1400 g/mol. The molecule has 19 heteroatoms. The largest absolute Gasteiger partial charge is 0.472 e. The summed E-state index contributed by atoms with van der Waals surface area (Å²) in [4.78, 5) is 72.7. The Kier molecular flexibility index (Phi) is 65.2. The van der Waals surface area contributed by atoms with Gasteiger partial charge in [0.2, 0.25) is 0 Å². The van der Waals surface area contributed by atoms with Gasteiger partial charge in [-0.25, -0.2) is 9.13 Å². The molecule has 0 radical (unpaired) electrons. The van der Waals surface area contributed by atoms with E-state index in [1.54, 1.807) is 0 Å². The van der Waals surface area contributed by atoms with E-state index in [0.717, 1.165) is 108 Å². The number of unbranched alkanes of at least 4 members (excludes halogenated alkanes) is 41. The monoisotopic (exact) mass is 1400 g/mol. The van der Waals surface area contributed by atoms with Crippen LogP contribution >= 0.6 is 15.6 Å². The summed E-state index contributed by atoms with van der Waals surface area (Å²) in [5.41, 5.74) is 0. The maximum Gasteiger partial charge on any atom is 0.472 e. The third-order valence-corrected chi connectivity index (χ3v) is 19.9. The Morgan fingerprint density at radius 3 is 0.800 bits per heavy atom. The van der Waals surface area contributed by atoms with Gasteiger partial charge in [0.1, 0.15) is 19.3 Å². The smallest absolute Gasteiger partial charge is 0.462 e. The van der Waals surface area contributed by atoms with Gasteiger partial charge in [-0.1, -0.05) is 337 Å². The highest BCUT2D eigenvalue weighted by atomic mass is 31.2. The van der Waals surface area contributed by atoms with E-state index in [-0.39, 0.29) is 25.7 Å². The van der Waals surface area contributed by atoms with E-state index in [2.05, 4.69) is 48.5 Å². The number of phosphoric acid groups is 2. The summed E-state index contributed by atoms with van der Waals surface area (Å²) in [6, 6.07) is 0. The van der Waals surface area contributed by atoms with Gasteiger partial charge in [-0.2, -0.15) is 0 Å². The Morgan fingerprint density at radius 2 is 0.537 bits per heavy atom. The first-order valence-electron chi connectivity index (χ1n) is 39.4. The lowest BCUT2D eigenvalue weighted by Crippen LogP contribution is -2.30. The number of ether oxygens (including phenoxy) is 4. The highest BCUT2D eigenvalue weighted by Crippen LogP contribution is 2.45. The van der Waals surface area contributed by atoms with Crippen LogP contribution in [0.4, 0.5) is 0 Å². The number of rotatable bonds is 74. The van der Waals surface area contributed by atoms with Crippen LogP contribution in [0.2, 0.25) is 0 Å². The van der Waals surface area contributed by atoms with Crippen LogP contribution in [0.15, 0.2) is 0 Å². The third kappa shape index (κ3) is 69.0. The number of esters is 4. The summed E-state index contributed by atoms with van der Waals surface area (Å²) >= 11 is 0. The zero-order valence-electron chi connectivity index (χ0n) is 62.1. The van der Waals surface area contributed by atoms with E-state index >= 15 is 0 Å². The quantitative estimate of drug-likeness (QED) is 0.0222. The number of phosphoric ester groups is 2. The van der Waals surface area contributed by atoms with Crippen molar-refractivity contribution in [2.24, 2.45) is 17.8 Å². The minimum Gasteiger partial charge on any atom is -0.462 e.